The number of imidazole rings is 1. The van der Waals surface area contributed by atoms with Gasteiger partial charge in [-0.2, -0.15) is 13.2 Å². The van der Waals surface area contributed by atoms with Crippen LogP contribution in [0.1, 0.15) is 24.2 Å². The fourth-order valence-electron chi connectivity index (χ4n) is 2.19. The molecule has 0 aliphatic carbocycles. The van der Waals surface area contributed by atoms with E-state index in [0.29, 0.717) is 5.82 Å². The van der Waals surface area contributed by atoms with Gasteiger partial charge in [0.2, 0.25) is 0 Å². The van der Waals surface area contributed by atoms with Crippen molar-refractivity contribution in [3.8, 4) is 0 Å². The number of fused-ring (bicyclic) bond motifs is 1. The first kappa shape index (κ1) is 14.2. The molecule has 19 heavy (non-hydrogen) atoms. The molecule has 0 N–H and O–H groups in total. The predicted octanol–water partition coefficient (Wildman–Crippen LogP) is 4.43. The first-order valence-electron chi connectivity index (χ1n) is 6.00. The molecular formula is C13H14ClF3N2. The molecule has 1 aromatic carbocycles. The fraction of sp³-hybridized carbons (Fsp3) is 0.462. The van der Waals surface area contributed by atoms with Crippen molar-refractivity contribution >= 4 is 22.6 Å². The van der Waals surface area contributed by atoms with E-state index in [-0.39, 0.29) is 18.8 Å². The average molecular weight is 291 g/mol. The number of halogens is 4. The van der Waals surface area contributed by atoms with Gasteiger partial charge in [-0.05, 0) is 25.0 Å². The molecule has 0 amide bonds. The summed E-state index contributed by atoms with van der Waals surface area (Å²) in [4.78, 5) is 4.36. The van der Waals surface area contributed by atoms with Crippen molar-refractivity contribution < 1.29 is 13.2 Å². The number of rotatable bonds is 4. The molecule has 0 aliphatic rings. The van der Waals surface area contributed by atoms with Gasteiger partial charge < -0.3 is 4.57 Å². The van der Waals surface area contributed by atoms with Gasteiger partial charge in [0.1, 0.15) is 5.82 Å². The summed E-state index contributed by atoms with van der Waals surface area (Å²) in [6, 6.07) is 5.64. The van der Waals surface area contributed by atoms with Gasteiger partial charge in [0.05, 0.1) is 16.9 Å². The lowest BCUT2D eigenvalue weighted by molar-refractivity contribution is -0.135. The van der Waals surface area contributed by atoms with Crippen molar-refractivity contribution in [2.24, 2.45) is 0 Å². The third-order valence-electron chi connectivity index (χ3n) is 3.01. The van der Waals surface area contributed by atoms with Crippen molar-refractivity contribution in [2.75, 3.05) is 0 Å². The molecule has 0 bridgehead atoms. The summed E-state index contributed by atoms with van der Waals surface area (Å²) in [5.41, 5.74) is 2.65. The molecule has 1 aromatic heterocycles. The van der Waals surface area contributed by atoms with E-state index >= 15 is 0 Å². The van der Waals surface area contributed by atoms with Gasteiger partial charge in [0, 0.05) is 13.0 Å². The molecule has 2 nitrogen and oxygen atoms in total. The largest absolute Gasteiger partial charge is 0.389 e. The quantitative estimate of drug-likeness (QED) is 0.762. The van der Waals surface area contributed by atoms with Crippen LogP contribution in [0.2, 0.25) is 0 Å². The molecule has 0 radical (unpaired) electrons. The van der Waals surface area contributed by atoms with Gasteiger partial charge in [-0.15, -0.1) is 11.6 Å². The monoisotopic (exact) mass is 290 g/mol. The first-order chi connectivity index (χ1) is 8.92. The Labute approximate surface area is 114 Å². The third-order valence-corrected chi connectivity index (χ3v) is 3.25. The summed E-state index contributed by atoms with van der Waals surface area (Å²) in [6.07, 6.45) is -4.87. The topological polar surface area (TPSA) is 17.8 Å². The fourth-order valence-corrected chi connectivity index (χ4v) is 2.40. The van der Waals surface area contributed by atoms with E-state index in [4.69, 9.17) is 11.6 Å². The van der Waals surface area contributed by atoms with Crippen LogP contribution in [0.15, 0.2) is 18.2 Å². The predicted molar refractivity (Wildman–Crippen MR) is 69.3 cm³/mol. The van der Waals surface area contributed by atoms with Crippen LogP contribution < -0.4 is 0 Å². The Bertz CT molecular complexity index is 575. The van der Waals surface area contributed by atoms with E-state index in [9.17, 15) is 13.2 Å². The van der Waals surface area contributed by atoms with Crippen molar-refractivity contribution in [1.29, 1.82) is 0 Å². The second-order valence-electron chi connectivity index (χ2n) is 4.47. The summed E-state index contributed by atoms with van der Waals surface area (Å²) in [6.45, 7) is 2.20. The highest BCUT2D eigenvalue weighted by Gasteiger charge is 2.26. The summed E-state index contributed by atoms with van der Waals surface area (Å²) in [5, 5.41) is 0. The van der Waals surface area contributed by atoms with Gasteiger partial charge in [-0.25, -0.2) is 4.98 Å². The lowest BCUT2D eigenvalue weighted by atomic mass is 10.2. The van der Waals surface area contributed by atoms with Gasteiger partial charge in [-0.1, -0.05) is 12.1 Å². The highest BCUT2D eigenvalue weighted by molar-refractivity contribution is 6.16. The second-order valence-corrected chi connectivity index (χ2v) is 4.74. The SMILES string of the molecule is Cc1cccc2nc(CCl)n(CCCC(F)(F)F)c12. The van der Waals surface area contributed by atoms with Crippen LogP contribution in [0, 0.1) is 6.92 Å². The smallest absolute Gasteiger partial charge is 0.327 e. The van der Waals surface area contributed by atoms with Crippen LogP contribution in [-0.2, 0) is 12.4 Å². The van der Waals surface area contributed by atoms with Crippen LogP contribution in [0.5, 0.6) is 0 Å². The number of aryl methyl sites for hydroxylation is 2. The summed E-state index contributed by atoms with van der Waals surface area (Å²) >= 11 is 5.82. The number of para-hydroxylation sites is 1. The van der Waals surface area contributed by atoms with Crippen LogP contribution in [0.3, 0.4) is 0 Å². The minimum Gasteiger partial charge on any atom is -0.327 e. The molecule has 2 aromatic rings. The van der Waals surface area contributed by atoms with Gasteiger partial charge in [-0.3, -0.25) is 0 Å². The Balaban J connectivity index is 2.30. The standard InChI is InChI=1S/C13H14ClF3N2/c1-9-4-2-5-10-12(9)19(11(8-14)18-10)7-3-6-13(15,16)17/h2,4-5H,3,6-8H2,1H3. The van der Waals surface area contributed by atoms with Crippen LogP contribution in [0.25, 0.3) is 11.0 Å². The van der Waals surface area contributed by atoms with E-state index in [2.05, 4.69) is 4.98 Å². The minimum atomic E-state index is -4.12. The number of aromatic nitrogens is 2. The molecule has 0 unspecified atom stereocenters. The lowest BCUT2D eigenvalue weighted by Crippen LogP contribution is -2.10. The lowest BCUT2D eigenvalue weighted by Gasteiger charge is -2.10. The zero-order chi connectivity index (χ0) is 14.0. The maximum absolute atomic E-state index is 12.2. The third kappa shape index (κ3) is 3.21. The molecular weight excluding hydrogens is 277 g/mol. The Morgan fingerprint density at radius 3 is 2.68 bits per heavy atom. The molecule has 0 saturated carbocycles. The molecule has 0 fully saturated rings. The number of benzene rings is 1. The van der Waals surface area contributed by atoms with E-state index in [1.165, 1.54) is 0 Å². The normalized spacial score (nSPS) is 12.3. The minimum absolute atomic E-state index is 0.0349. The zero-order valence-electron chi connectivity index (χ0n) is 10.5. The van der Waals surface area contributed by atoms with Crippen LogP contribution >= 0.6 is 11.6 Å². The highest BCUT2D eigenvalue weighted by atomic mass is 35.5. The molecule has 0 atom stereocenters. The van der Waals surface area contributed by atoms with Crippen molar-refractivity contribution in [2.45, 2.75) is 38.4 Å². The van der Waals surface area contributed by atoms with Crippen LogP contribution in [0.4, 0.5) is 13.2 Å². The zero-order valence-corrected chi connectivity index (χ0v) is 11.2. The van der Waals surface area contributed by atoms with E-state index in [1.807, 2.05) is 25.1 Å². The number of hydrogen-bond acceptors (Lipinski definition) is 1. The van der Waals surface area contributed by atoms with Crippen molar-refractivity contribution in [1.82, 2.24) is 9.55 Å². The Morgan fingerprint density at radius 1 is 1.32 bits per heavy atom. The Hall–Kier alpha value is -1.23. The number of alkyl halides is 4. The molecule has 2 rings (SSSR count). The average Bonchev–Trinajstić information content (AvgIpc) is 2.67. The van der Waals surface area contributed by atoms with Crippen LogP contribution in [-0.4, -0.2) is 15.7 Å². The van der Waals surface area contributed by atoms with Gasteiger partial charge in [0.25, 0.3) is 0 Å². The summed E-state index contributed by atoms with van der Waals surface area (Å²) < 4.78 is 38.4. The molecule has 104 valence electrons. The molecule has 0 aliphatic heterocycles. The summed E-state index contributed by atoms with van der Waals surface area (Å²) in [5.74, 6) is 0.813. The highest BCUT2D eigenvalue weighted by Crippen LogP contribution is 2.25. The van der Waals surface area contributed by atoms with E-state index in [0.717, 1.165) is 16.6 Å². The van der Waals surface area contributed by atoms with E-state index < -0.39 is 12.6 Å². The molecule has 0 saturated heterocycles. The Kier molecular flexibility index (Phi) is 4.04. The second kappa shape index (κ2) is 5.41. The number of hydrogen-bond donors (Lipinski definition) is 0. The van der Waals surface area contributed by atoms with Gasteiger partial charge >= 0.3 is 6.18 Å². The maximum atomic E-state index is 12.2. The Morgan fingerprint density at radius 2 is 2.05 bits per heavy atom. The first-order valence-corrected chi connectivity index (χ1v) is 6.53. The van der Waals surface area contributed by atoms with Gasteiger partial charge in [0.15, 0.2) is 0 Å². The number of nitrogens with zero attached hydrogens (tertiary/aromatic N) is 2. The summed E-state index contributed by atoms with van der Waals surface area (Å²) in [7, 11) is 0. The molecule has 6 heteroatoms. The van der Waals surface area contributed by atoms with Crippen molar-refractivity contribution in [3.63, 3.8) is 0 Å². The maximum Gasteiger partial charge on any atom is 0.389 e. The molecule has 1 heterocycles. The van der Waals surface area contributed by atoms with E-state index in [1.54, 1.807) is 4.57 Å². The molecule has 0 spiro atoms. The van der Waals surface area contributed by atoms with Crippen molar-refractivity contribution in [3.05, 3.63) is 29.6 Å².